The number of benzene rings is 3. The van der Waals surface area contributed by atoms with Crippen LogP contribution in [0.4, 0.5) is 0 Å². The van der Waals surface area contributed by atoms with E-state index in [1.165, 1.54) is 5.56 Å². The first-order valence-corrected chi connectivity index (χ1v) is 11.3. The van der Waals surface area contributed by atoms with Crippen LogP contribution in [0.1, 0.15) is 39.4 Å². The predicted octanol–water partition coefficient (Wildman–Crippen LogP) is 4.57. The van der Waals surface area contributed by atoms with Crippen molar-refractivity contribution in [2.45, 2.75) is 25.8 Å². The molecule has 0 radical (unpaired) electrons. The van der Waals surface area contributed by atoms with Gasteiger partial charge in [0.2, 0.25) is 5.91 Å². The molecule has 1 aliphatic rings. The summed E-state index contributed by atoms with van der Waals surface area (Å²) in [6.45, 7) is 3.53. The zero-order chi connectivity index (χ0) is 23.2. The van der Waals surface area contributed by atoms with Gasteiger partial charge in [0.15, 0.2) is 0 Å². The number of nitrogens with one attached hydrogen (secondary N) is 1. The van der Waals surface area contributed by atoms with Crippen LogP contribution in [0, 0.1) is 12.8 Å². The second kappa shape index (κ2) is 10.3. The number of amides is 2. The molecule has 4 rings (SSSR count). The highest BCUT2D eigenvalue weighted by molar-refractivity contribution is 5.95. The van der Waals surface area contributed by atoms with Crippen molar-refractivity contribution in [3.05, 3.63) is 101 Å². The summed E-state index contributed by atoms with van der Waals surface area (Å²) in [4.78, 5) is 28.3. The molecule has 0 aromatic heterocycles. The number of hydrogen-bond donors (Lipinski definition) is 1. The van der Waals surface area contributed by atoms with E-state index in [-0.39, 0.29) is 23.7 Å². The van der Waals surface area contributed by atoms with Crippen molar-refractivity contribution in [2.75, 3.05) is 20.2 Å². The molecule has 1 saturated heterocycles. The number of piperidine rings is 1. The number of carbonyl (C=O) groups is 2. The Morgan fingerprint density at radius 3 is 2.42 bits per heavy atom. The van der Waals surface area contributed by atoms with Gasteiger partial charge in [-0.05, 0) is 48.7 Å². The monoisotopic (exact) mass is 442 g/mol. The van der Waals surface area contributed by atoms with Crippen molar-refractivity contribution < 1.29 is 14.3 Å². The highest BCUT2D eigenvalue weighted by atomic mass is 16.5. The normalized spacial score (nSPS) is 17.9. The Morgan fingerprint density at radius 1 is 0.970 bits per heavy atom. The maximum absolute atomic E-state index is 13.3. The Balaban J connectivity index is 1.51. The predicted molar refractivity (Wildman–Crippen MR) is 129 cm³/mol. The van der Waals surface area contributed by atoms with Gasteiger partial charge >= 0.3 is 0 Å². The van der Waals surface area contributed by atoms with Gasteiger partial charge in [-0.15, -0.1) is 0 Å². The Bertz CT molecular complexity index is 1100. The second-order valence-corrected chi connectivity index (χ2v) is 8.69. The van der Waals surface area contributed by atoms with Crippen molar-refractivity contribution in [3.63, 3.8) is 0 Å². The van der Waals surface area contributed by atoms with Gasteiger partial charge in [0.05, 0.1) is 13.0 Å². The Kier molecular flexibility index (Phi) is 7.08. The van der Waals surface area contributed by atoms with E-state index >= 15 is 0 Å². The molecular weight excluding hydrogens is 412 g/mol. The zero-order valence-corrected chi connectivity index (χ0v) is 19.2. The average Bonchev–Trinajstić information content (AvgIpc) is 2.87. The molecule has 0 aliphatic carbocycles. The molecule has 5 nitrogen and oxygen atoms in total. The Morgan fingerprint density at radius 2 is 1.73 bits per heavy atom. The standard InChI is InChI=1S/C28H30N2O3/c1-20-7-6-8-21(15-20)17-29-27(31)25-16-24(22-9-4-3-5-10-22)18-30(19-25)28(32)23-11-13-26(33-2)14-12-23/h3-15,24-25H,16-19H2,1-2H3,(H,29,31). The molecule has 2 amide bonds. The van der Waals surface area contributed by atoms with E-state index in [9.17, 15) is 9.59 Å². The van der Waals surface area contributed by atoms with Crippen molar-refractivity contribution in [1.82, 2.24) is 10.2 Å². The van der Waals surface area contributed by atoms with Gasteiger partial charge in [0, 0.05) is 31.1 Å². The molecule has 0 spiro atoms. The van der Waals surface area contributed by atoms with E-state index in [1.807, 2.05) is 48.2 Å². The van der Waals surface area contributed by atoms with Gasteiger partial charge in [-0.25, -0.2) is 0 Å². The van der Waals surface area contributed by atoms with Crippen molar-refractivity contribution >= 4 is 11.8 Å². The summed E-state index contributed by atoms with van der Waals surface area (Å²) in [5.74, 6) is 0.480. The van der Waals surface area contributed by atoms with E-state index in [2.05, 4.69) is 23.5 Å². The number of aryl methyl sites for hydroxylation is 1. The summed E-state index contributed by atoms with van der Waals surface area (Å²) in [7, 11) is 1.60. The van der Waals surface area contributed by atoms with Gasteiger partial charge in [0.1, 0.15) is 5.75 Å². The maximum Gasteiger partial charge on any atom is 0.253 e. The Hall–Kier alpha value is -3.60. The van der Waals surface area contributed by atoms with Gasteiger partial charge in [-0.2, -0.15) is 0 Å². The summed E-state index contributed by atoms with van der Waals surface area (Å²) in [6.07, 6.45) is 0.718. The molecule has 170 valence electrons. The molecule has 33 heavy (non-hydrogen) atoms. The van der Waals surface area contributed by atoms with Crippen LogP contribution < -0.4 is 10.1 Å². The third-order valence-electron chi connectivity index (χ3n) is 6.27. The lowest BCUT2D eigenvalue weighted by atomic mass is 9.83. The van der Waals surface area contributed by atoms with Crippen molar-refractivity contribution in [1.29, 1.82) is 0 Å². The van der Waals surface area contributed by atoms with E-state index < -0.39 is 0 Å². The van der Waals surface area contributed by atoms with Gasteiger partial charge in [-0.1, -0.05) is 60.2 Å². The summed E-state index contributed by atoms with van der Waals surface area (Å²) in [5.41, 5.74) is 3.99. The van der Waals surface area contributed by atoms with E-state index in [0.717, 1.165) is 17.5 Å². The van der Waals surface area contributed by atoms with Crippen LogP contribution in [0.25, 0.3) is 0 Å². The van der Waals surface area contributed by atoms with Gasteiger partial charge in [0.25, 0.3) is 5.91 Å². The summed E-state index contributed by atoms with van der Waals surface area (Å²) >= 11 is 0. The molecule has 1 N–H and O–H groups in total. The molecule has 0 bridgehead atoms. The molecule has 1 fully saturated rings. The molecule has 5 heteroatoms. The molecule has 0 saturated carbocycles. The second-order valence-electron chi connectivity index (χ2n) is 8.69. The van der Waals surface area contributed by atoms with Gasteiger partial charge < -0.3 is 15.0 Å². The number of likely N-dealkylation sites (tertiary alicyclic amines) is 1. The van der Waals surface area contributed by atoms with Crippen LogP contribution in [0.5, 0.6) is 5.75 Å². The van der Waals surface area contributed by atoms with Gasteiger partial charge in [-0.3, -0.25) is 9.59 Å². The SMILES string of the molecule is COc1ccc(C(=O)N2CC(C(=O)NCc3cccc(C)c3)CC(c3ccccc3)C2)cc1. The third kappa shape index (κ3) is 5.61. The first-order valence-electron chi connectivity index (χ1n) is 11.3. The first-order chi connectivity index (χ1) is 16.0. The smallest absolute Gasteiger partial charge is 0.253 e. The summed E-state index contributed by atoms with van der Waals surface area (Å²) < 4.78 is 5.21. The summed E-state index contributed by atoms with van der Waals surface area (Å²) in [6, 6.07) is 25.4. The Labute approximate surface area is 195 Å². The number of rotatable bonds is 6. The summed E-state index contributed by atoms with van der Waals surface area (Å²) in [5, 5.41) is 3.09. The minimum atomic E-state index is -0.268. The fourth-order valence-electron chi connectivity index (χ4n) is 4.49. The van der Waals surface area contributed by atoms with Crippen LogP contribution in [0.3, 0.4) is 0 Å². The zero-order valence-electron chi connectivity index (χ0n) is 19.2. The van der Waals surface area contributed by atoms with E-state index in [0.29, 0.717) is 30.9 Å². The molecule has 2 unspecified atom stereocenters. The van der Waals surface area contributed by atoms with E-state index in [1.54, 1.807) is 31.4 Å². The quantitative estimate of drug-likeness (QED) is 0.609. The third-order valence-corrected chi connectivity index (χ3v) is 6.27. The van der Waals surface area contributed by atoms with Crippen molar-refractivity contribution in [3.8, 4) is 5.75 Å². The number of methoxy groups -OCH3 is 1. The van der Waals surface area contributed by atoms with Crippen LogP contribution in [0.15, 0.2) is 78.9 Å². The highest BCUT2D eigenvalue weighted by Gasteiger charge is 2.34. The maximum atomic E-state index is 13.3. The van der Waals surface area contributed by atoms with Crippen molar-refractivity contribution in [2.24, 2.45) is 5.92 Å². The lowest BCUT2D eigenvalue weighted by Crippen LogP contribution is -2.48. The van der Waals surface area contributed by atoms with Crippen LogP contribution in [-0.2, 0) is 11.3 Å². The molecule has 1 aliphatic heterocycles. The molecule has 1 heterocycles. The topological polar surface area (TPSA) is 58.6 Å². The molecule has 3 aromatic rings. The fourth-order valence-corrected chi connectivity index (χ4v) is 4.49. The number of nitrogens with zero attached hydrogens (tertiary/aromatic N) is 1. The van der Waals surface area contributed by atoms with Crippen LogP contribution >= 0.6 is 0 Å². The molecular formula is C28H30N2O3. The minimum absolute atomic E-state index is 0.00957. The lowest BCUT2D eigenvalue weighted by Gasteiger charge is -2.37. The van der Waals surface area contributed by atoms with E-state index in [4.69, 9.17) is 4.74 Å². The number of carbonyl (C=O) groups excluding carboxylic acids is 2. The minimum Gasteiger partial charge on any atom is -0.497 e. The average molecular weight is 443 g/mol. The lowest BCUT2D eigenvalue weighted by molar-refractivity contribution is -0.126. The van der Waals surface area contributed by atoms with Crippen LogP contribution in [-0.4, -0.2) is 36.9 Å². The molecule has 2 atom stereocenters. The fraction of sp³-hybridized carbons (Fsp3) is 0.286. The number of ether oxygens (including phenoxy) is 1. The first kappa shape index (κ1) is 22.6. The van der Waals surface area contributed by atoms with Crippen LogP contribution in [0.2, 0.25) is 0 Å². The largest absolute Gasteiger partial charge is 0.497 e. The highest BCUT2D eigenvalue weighted by Crippen LogP contribution is 2.31. The number of hydrogen-bond acceptors (Lipinski definition) is 3. The molecule has 3 aromatic carbocycles.